The molecule has 2 aromatic rings. The van der Waals surface area contributed by atoms with Crippen LogP contribution in [-0.2, 0) is 10.0 Å². The van der Waals surface area contributed by atoms with Crippen LogP contribution in [-0.4, -0.2) is 32.7 Å². The second kappa shape index (κ2) is 6.52. The number of carbonyl (C=O) groups is 1. The molecule has 0 atom stereocenters. The third kappa shape index (κ3) is 3.78. The number of carbonyl (C=O) groups excluding carboxylic acids is 1. The predicted octanol–water partition coefficient (Wildman–Crippen LogP) is 2.81. The van der Waals surface area contributed by atoms with Crippen LogP contribution in [0.3, 0.4) is 0 Å². The van der Waals surface area contributed by atoms with Crippen molar-refractivity contribution in [3.05, 3.63) is 59.2 Å². The van der Waals surface area contributed by atoms with Gasteiger partial charge in [-0.2, -0.15) is 0 Å². The van der Waals surface area contributed by atoms with Crippen LogP contribution >= 0.6 is 0 Å². The average Bonchev–Trinajstić information content (AvgIpc) is 2.47. The van der Waals surface area contributed by atoms with Crippen molar-refractivity contribution >= 4 is 21.6 Å². The molecule has 0 unspecified atom stereocenters. The Morgan fingerprint density at radius 2 is 1.74 bits per heavy atom. The number of benzene rings is 2. The Hall–Kier alpha value is -2.18. The summed E-state index contributed by atoms with van der Waals surface area (Å²) in [7, 11) is -0.595. The van der Waals surface area contributed by atoms with Crippen molar-refractivity contribution in [2.45, 2.75) is 18.7 Å². The summed E-state index contributed by atoms with van der Waals surface area (Å²) in [6.45, 7) is 3.83. The van der Waals surface area contributed by atoms with Crippen molar-refractivity contribution < 1.29 is 13.2 Å². The first-order valence-electron chi connectivity index (χ1n) is 7.13. The van der Waals surface area contributed by atoms with E-state index in [0.717, 1.165) is 15.4 Å². The summed E-state index contributed by atoms with van der Waals surface area (Å²) in [6, 6.07) is 11.8. The molecule has 0 fully saturated rings. The highest BCUT2D eigenvalue weighted by Gasteiger charge is 2.18. The lowest BCUT2D eigenvalue weighted by molar-refractivity contribution is 0.102. The molecule has 23 heavy (non-hydrogen) atoms. The minimum absolute atomic E-state index is 0.140. The number of sulfonamides is 1. The topological polar surface area (TPSA) is 66.5 Å². The van der Waals surface area contributed by atoms with Gasteiger partial charge in [0.25, 0.3) is 5.91 Å². The van der Waals surface area contributed by atoms with E-state index in [1.807, 2.05) is 26.0 Å². The van der Waals surface area contributed by atoms with Gasteiger partial charge in [0.15, 0.2) is 0 Å². The Bertz CT molecular complexity index is 843. The van der Waals surface area contributed by atoms with E-state index < -0.39 is 10.0 Å². The van der Waals surface area contributed by atoms with E-state index in [-0.39, 0.29) is 10.8 Å². The van der Waals surface area contributed by atoms with Crippen molar-refractivity contribution in [3.63, 3.8) is 0 Å². The van der Waals surface area contributed by atoms with Crippen molar-refractivity contribution in [1.29, 1.82) is 0 Å². The van der Waals surface area contributed by atoms with E-state index in [4.69, 9.17) is 0 Å². The monoisotopic (exact) mass is 332 g/mol. The largest absolute Gasteiger partial charge is 0.322 e. The first-order chi connectivity index (χ1) is 10.7. The molecule has 2 rings (SSSR count). The third-order valence-corrected chi connectivity index (χ3v) is 5.31. The number of nitrogens with zero attached hydrogens (tertiary/aromatic N) is 1. The summed E-state index contributed by atoms with van der Waals surface area (Å²) >= 11 is 0. The summed E-state index contributed by atoms with van der Waals surface area (Å²) in [4.78, 5) is 12.5. The van der Waals surface area contributed by atoms with Crippen LogP contribution in [0, 0.1) is 13.8 Å². The van der Waals surface area contributed by atoms with Crippen LogP contribution in [0.1, 0.15) is 21.5 Å². The molecule has 1 amide bonds. The molecule has 1 N–H and O–H groups in total. The lowest BCUT2D eigenvalue weighted by atomic mass is 10.1. The number of hydrogen-bond donors (Lipinski definition) is 1. The van der Waals surface area contributed by atoms with E-state index >= 15 is 0 Å². The molecule has 5 nitrogen and oxygen atoms in total. The van der Waals surface area contributed by atoms with Crippen LogP contribution in [0.25, 0.3) is 0 Å². The van der Waals surface area contributed by atoms with Crippen molar-refractivity contribution in [3.8, 4) is 0 Å². The number of aryl methyl sites for hydroxylation is 2. The quantitative estimate of drug-likeness (QED) is 0.936. The Morgan fingerprint density at radius 3 is 2.35 bits per heavy atom. The molecule has 6 heteroatoms. The molecule has 122 valence electrons. The predicted molar refractivity (Wildman–Crippen MR) is 91.2 cm³/mol. The number of anilines is 1. The first-order valence-corrected chi connectivity index (χ1v) is 8.57. The molecule has 0 heterocycles. The molecular formula is C17H20N2O3S. The van der Waals surface area contributed by atoms with Gasteiger partial charge in [-0.3, -0.25) is 4.79 Å². The molecule has 0 aromatic heterocycles. The molecular weight excluding hydrogens is 312 g/mol. The van der Waals surface area contributed by atoms with E-state index in [0.29, 0.717) is 11.3 Å². The maximum absolute atomic E-state index is 12.4. The van der Waals surface area contributed by atoms with Gasteiger partial charge in [-0.25, -0.2) is 12.7 Å². The maximum atomic E-state index is 12.4. The molecule has 0 radical (unpaired) electrons. The minimum Gasteiger partial charge on any atom is -0.322 e. The van der Waals surface area contributed by atoms with Crippen molar-refractivity contribution in [2.75, 3.05) is 19.4 Å². The average molecular weight is 332 g/mol. The summed E-state index contributed by atoms with van der Waals surface area (Å²) in [5, 5.41) is 2.75. The highest BCUT2D eigenvalue weighted by molar-refractivity contribution is 7.89. The van der Waals surface area contributed by atoms with Crippen LogP contribution in [0.5, 0.6) is 0 Å². The van der Waals surface area contributed by atoms with Crippen LogP contribution in [0.2, 0.25) is 0 Å². The van der Waals surface area contributed by atoms with Gasteiger partial charge in [0.05, 0.1) is 4.90 Å². The second-order valence-corrected chi connectivity index (χ2v) is 7.74. The summed E-state index contributed by atoms with van der Waals surface area (Å²) in [5.41, 5.74) is 2.96. The molecule has 0 aliphatic heterocycles. The smallest absolute Gasteiger partial charge is 0.255 e. The van der Waals surface area contributed by atoms with Crippen LogP contribution < -0.4 is 5.32 Å². The Labute approximate surface area is 137 Å². The Morgan fingerprint density at radius 1 is 1.04 bits per heavy atom. The molecule has 0 spiro atoms. The van der Waals surface area contributed by atoms with Gasteiger partial charge < -0.3 is 5.32 Å². The fourth-order valence-electron chi connectivity index (χ4n) is 2.21. The normalized spacial score (nSPS) is 11.5. The molecule has 0 saturated carbocycles. The zero-order valence-corrected chi connectivity index (χ0v) is 14.4. The molecule has 0 bridgehead atoms. The second-order valence-electron chi connectivity index (χ2n) is 5.59. The third-order valence-electron chi connectivity index (χ3n) is 3.50. The summed E-state index contributed by atoms with van der Waals surface area (Å²) in [6.07, 6.45) is 0. The van der Waals surface area contributed by atoms with Crippen LogP contribution in [0.4, 0.5) is 5.69 Å². The number of hydrogen-bond acceptors (Lipinski definition) is 3. The van der Waals surface area contributed by atoms with Gasteiger partial charge in [0, 0.05) is 25.3 Å². The highest BCUT2D eigenvalue weighted by atomic mass is 32.2. The molecule has 2 aromatic carbocycles. The van der Waals surface area contributed by atoms with E-state index in [2.05, 4.69) is 5.32 Å². The highest BCUT2D eigenvalue weighted by Crippen LogP contribution is 2.19. The van der Waals surface area contributed by atoms with E-state index in [1.54, 1.807) is 18.2 Å². The first kappa shape index (κ1) is 17.2. The number of rotatable bonds is 4. The number of amides is 1. The van der Waals surface area contributed by atoms with E-state index in [1.165, 1.54) is 26.2 Å². The van der Waals surface area contributed by atoms with Gasteiger partial charge >= 0.3 is 0 Å². The SMILES string of the molecule is Cc1ccc(C(=O)Nc2cccc(S(=O)(=O)N(C)C)c2)c(C)c1. The van der Waals surface area contributed by atoms with E-state index in [9.17, 15) is 13.2 Å². The van der Waals surface area contributed by atoms with Crippen LogP contribution in [0.15, 0.2) is 47.4 Å². The zero-order valence-electron chi connectivity index (χ0n) is 13.6. The summed E-state index contributed by atoms with van der Waals surface area (Å²) in [5.74, 6) is -0.262. The standard InChI is InChI=1S/C17H20N2O3S/c1-12-8-9-16(13(2)10-12)17(20)18-14-6-5-7-15(11-14)23(21,22)19(3)4/h5-11H,1-4H3,(H,18,20). The summed E-state index contributed by atoms with van der Waals surface area (Å²) < 4.78 is 25.4. The maximum Gasteiger partial charge on any atom is 0.255 e. The lowest BCUT2D eigenvalue weighted by Crippen LogP contribution is -2.22. The van der Waals surface area contributed by atoms with Gasteiger partial charge in [-0.05, 0) is 43.7 Å². The van der Waals surface area contributed by atoms with Gasteiger partial charge in [-0.15, -0.1) is 0 Å². The van der Waals surface area contributed by atoms with Gasteiger partial charge in [0.2, 0.25) is 10.0 Å². The van der Waals surface area contributed by atoms with Gasteiger partial charge in [0.1, 0.15) is 0 Å². The fourth-order valence-corrected chi connectivity index (χ4v) is 3.16. The van der Waals surface area contributed by atoms with Crippen molar-refractivity contribution in [1.82, 2.24) is 4.31 Å². The number of nitrogens with one attached hydrogen (secondary N) is 1. The lowest BCUT2D eigenvalue weighted by Gasteiger charge is -2.13. The molecule has 0 aliphatic carbocycles. The molecule has 0 saturated heterocycles. The Kier molecular flexibility index (Phi) is 4.87. The Balaban J connectivity index is 2.29. The van der Waals surface area contributed by atoms with Crippen molar-refractivity contribution in [2.24, 2.45) is 0 Å². The minimum atomic E-state index is -3.53. The fraction of sp³-hybridized carbons (Fsp3) is 0.235. The molecule has 0 aliphatic rings. The zero-order chi connectivity index (χ0) is 17.2. The van der Waals surface area contributed by atoms with Gasteiger partial charge in [-0.1, -0.05) is 23.8 Å².